The number of ether oxygens (including phenoxy) is 1. The molecule has 1 N–H and O–H groups in total. The van der Waals surface area contributed by atoms with Gasteiger partial charge in [-0.2, -0.15) is 0 Å². The summed E-state index contributed by atoms with van der Waals surface area (Å²) in [5, 5.41) is 0. The van der Waals surface area contributed by atoms with E-state index >= 15 is 0 Å². The van der Waals surface area contributed by atoms with Gasteiger partial charge in [0.15, 0.2) is 0 Å². The fourth-order valence-corrected chi connectivity index (χ4v) is 2.27. The minimum atomic E-state index is -4.79. The van der Waals surface area contributed by atoms with Crippen molar-refractivity contribution < 1.29 is 22.1 Å². The Morgan fingerprint density at radius 2 is 1.90 bits per heavy atom. The Morgan fingerprint density at radius 1 is 1.30 bits per heavy atom. The first-order valence-corrected chi connectivity index (χ1v) is 7.50. The summed E-state index contributed by atoms with van der Waals surface area (Å²) in [7, 11) is -1.71. The molecule has 0 amide bonds. The summed E-state index contributed by atoms with van der Waals surface area (Å²) < 4.78 is 55.0. The van der Waals surface area contributed by atoms with Crippen LogP contribution in [0.3, 0.4) is 0 Å². The smallest absolute Gasteiger partial charge is 0.404 e. The van der Waals surface area contributed by atoms with Gasteiger partial charge < -0.3 is 4.74 Å². The molecule has 7 heteroatoms. The van der Waals surface area contributed by atoms with Crippen LogP contribution in [0.1, 0.15) is 32.8 Å². The predicted molar refractivity (Wildman–Crippen MR) is 73.9 cm³/mol. The van der Waals surface area contributed by atoms with Gasteiger partial charge in [-0.3, -0.25) is 0 Å². The van der Waals surface area contributed by atoms with Gasteiger partial charge in [0, 0.05) is 6.54 Å². The van der Waals surface area contributed by atoms with Gasteiger partial charge in [-0.25, -0.2) is 8.93 Å². The second-order valence-electron chi connectivity index (χ2n) is 3.66. The third-order valence-electron chi connectivity index (χ3n) is 2.01. The third-order valence-corrected chi connectivity index (χ3v) is 3.21. The van der Waals surface area contributed by atoms with Gasteiger partial charge in [0.25, 0.3) is 0 Å². The van der Waals surface area contributed by atoms with Crippen LogP contribution in [-0.4, -0.2) is 17.1 Å². The topological polar surface area (TPSA) is 38.3 Å². The maximum Gasteiger partial charge on any atom is 0.573 e. The van der Waals surface area contributed by atoms with Crippen LogP contribution >= 0.6 is 0 Å². The molecule has 1 atom stereocenters. The Kier molecular flexibility index (Phi) is 8.48. The number of rotatable bonds is 5. The van der Waals surface area contributed by atoms with Gasteiger partial charge in [-0.15, -0.1) is 13.2 Å². The number of hydrogen-bond acceptors (Lipinski definition) is 2. The van der Waals surface area contributed by atoms with Gasteiger partial charge in [0.05, 0.1) is 4.90 Å². The van der Waals surface area contributed by atoms with Crippen molar-refractivity contribution in [3.63, 3.8) is 0 Å². The van der Waals surface area contributed by atoms with Crippen LogP contribution in [0.2, 0.25) is 0 Å². The molecule has 20 heavy (non-hydrogen) atoms. The fraction of sp³-hybridized carbons (Fsp3) is 0.538. The molecule has 0 aliphatic carbocycles. The molecule has 0 heterocycles. The number of hydrogen-bond donors (Lipinski definition) is 1. The molecule has 0 aliphatic heterocycles. The molecule has 0 aromatic heterocycles. The summed E-state index contributed by atoms with van der Waals surface area (Å²) in [5.74, 6) is -0.426. The maximum atomic E-state index is 12.2. The summed E-state index contributed by atoms with van der Waals surface area (Å²) >= 11 is 0. The first-order valence-electron chi connectivity index (χ1n) is 6.35. The zero-order valence-electron chi connectivity index (χ0n) is 12.0. The van der Waals surface area contributed by atoms with Crippen LogP contribution in [0.15, 0.2) is 23.1 Å². The molecule has 116 valence electrons. The second kappa shape index (κ2) is 8.97. The van der Waals surface area contributed by atoms with E-state index in [1.807, 2.05) is 20.8 Å². The van der Waals surface area contributed by atoms with Crippen molar-refractivity contribution >= 4 is 11.0 Å². The van der Waals surface area contributed by atoms with Gasteiger partial charge in [0.1, 0.15) is 16.7 Å². The lowest BCUT2D eigenvalue weighted by molar-refractivity contribution is -0.275. The first-order chi connectivity index (χ1) is 9.33. The quantitative estimate of drug-likeness (QED) is 0.894. The normalized spacial score (nSPS) is 12.3. The van der Waals surface area contributed by atoms with Crippen molar-refractivity contribution in [1.29, 1.82) is 0 Å². The van der Waals surface area contributed by atoms with Crippen LogP contribution in [0.25, 0.3) is 0 Å². The highest BCUT2D eigenvalue weighted by Gasteiger charge is 2.32. The number of aryl methyl sites for hydroxylation is 1. The lowest BCUT2D eigenvalue weighted by atomic mass is 10.2. The highest BCUT2D eigenvalue weighted by molar-refractivity contribution is 7.83. The van der Waals surface area contributed by atoms with Crippen LogP contribution in [0.4, 0.5) is 13.2 Å². The van der Waals surface area contributed by atoms with Crippen molar-refractivity contribution in [3.8, 4) is 5.75 Å². The van der Waals surface area contributed by atoms with Gasteiger partial charge in [0.2, 0.25) is 0 Å². The van der Waals surface area contributed by atoms with Crippen LogP contribution < -0.4 is 9.46 Å². The molecule has 0 saturated heterocycles. The predicted octanol–water partition coefficient (Wildman–Crippen LogP) is 3.94. The molecule has 0 spiro atoms. The molecule has 0 fully saturated rings. The van der Waals surface area contributed by atoms with Crippen LogP contribution in [0.5, 0.6) is 5.75 Å². The van der Waals surface area contributed by atoms with Crippen molar-refractivity contribution in [2.45, 2.75) is 45.4 Å². The summed E-state index contributed by atoms with van der Waals surface area (Å²) in [6.45, 7) is 7.95. The molecular weight excluding hydrogens is 291 g/mol. The average molecular weight is 311 g/mol. The molecule has 3 nitrogen and oxygen atoms in total. The average Bonchev–Trinajstić information content (AvgIpc) is 2.36. The standard InChI is InChI=1S/C11H14F3NO2S.C2H6/c1-3-6-15-18(16)10-5-4-8(2)7-9(10)17-11(12,13)14;1-2/h4-5,7,15H,3,6H2,1-2H3;1-2H3. The van der Waals surface area contributed by atoms with Crippen molar-refractivity contribution in [2.75, 3.05) is 6.54 Å². The molecule has 0 bridgehead atoms. The molecule has 0 radical (unpaired) electrons. The van der Waals surface area contributed by atoms with Crippen LogP contribution in [0, 0.1) is 6.92 Å². The van der Waals surface area contributed by atoms with E-state index < -0.39 is 23.1 Å². The van der Waals surface area contributed by atoms with Crippen molar-refractivity contribution in [3.05, 3.63) is 23.8 Å². The Labute approximate surface area is 120 Å². The number of nitrogens with one attached hydrogen (secondary N) is 1. The molecular formula is C13H20F3NO2S. The van der Waals surface area contributed by atoms with E-state index in [0.717, 1.165) is 6.42 Å². The second-order valence-corrected chi connectivity index (χ2v) is 4.93. The monoisotopic (exact) mass is 311 g/mol. The van der Waals surface area contributed by atoms with E-state index in [9.17, 15) is 17.4 Å². The Hall–Kier alpha value is -1.08. The van der Waals surface area contributed by atoms with Gasteiger partial charge in [-0.1, -0.05) is 26.8 Å². The van der Waals surface area contributed by atoms with Crippen molar-refractivity contribution in [2.24, 2.45) is 0 Å². The zero-order chi connectivity index (χ0) is 15.8. The van der Waals surface area contributed by atoms with E-state index in [0.29, 0.717) is 12.1 Å². The number of benzene rings is 1. The minimum Gasteiger partial charge on any atom is -0.404 e. The molecule has 1 unspecified atom stereocenters. The number of alkyl halides is 3. The van der Waals surface area contributed by atoms with E-state index in [1.165, 1.54) is 12.1 Å². The zero-order valence-corrected chi connectivity index (χ0v) is 12.8. The highest BCUT2D eigenvalue weighted by Crippen LogP contribution is 2.29. The summed E-state index contributed by atoms with van der Waals surface area (Å²) in [6.07, 6.45) is -4.06. The SMILES string of the molecule is CC.CCCNS(=O)c1ccc(C)cc1OC(F)(F)F. The summed E-state index contributed by atoms with van der Waals surface area (Å²) in [6, 6.07) is 4.17. The summed E-state index contributed by atoms with van der Waals surface area (Å²) in [5.41, 5.74) is 0.602. The van der Waals surface area contributed by atoms with E-state index in [4.69, 9.17) is 0 Å². The molecule has 0 saturated carbocycles. The van der Waals surface area contributed by atoms with Gasteiger partial charge in [-0.05, 0) is 31.0 Å². The largest absolute Gasteiger partial charge is 0.573 e. The van der Waals surface area contributed by atoms with E-state index in [-0.39, 0.29) is 4.90 Å². The first kappa shape index (κ1) is 18.9. The van der Waals surface area contributed by atoms with Gasteiger partial charge >= 0.3 is 6.36 Å². The lowest BCUT2D eigenvalue weighted by Gasteiger charge is -2.13. The molecule has 0 aliphatic rings. The van der Waals surface area contributed by atoms with Crippen LogP contribution in [-0.2, 0) is 11.0 Å². The third kappa shape index (κ3) is 6.91. The molecule has 1 aromatic rings. The molecule has 1 aromatic carbocycles. The fourth-order valence-electron chi connectivity index (χ4n) is 1.25. The number of halogens is 3. The Bertz CT molecular complexity index is 436. The lowest BCUT2D eigenvalue weighted by Crippen LogP contribution is -2.22. The molecule has 1 rings (SSSR count). The Balaban J connectivity index is 0.00000172. The van der Waals surface area contributed by atoms with E-state index in [1.54, 1.807) is 13.0 Å². The van der Waals surface area contributed by atoms with E-state index in [2.05, 4.69) is 9.46 Å². The minimum absolute atomic E-state index is 0.00799. The summed E-state index contributed by atoms with van der Waals surface area (Å²) in [4.78, 5) is -0.00799. The highest BCUT2D eigenvalue weighted by atomic mass is 32.2. The van der Waals surface area contributed by atoms with Crippen molar-refractivity contribution in [1.82, 2.24) is 4.72 Å². The Morgan fingerprint density at radius 3 is 2.40 bits per heavy atom. The maximum absolute atomic E-state index is 12.2.